The number of benzene rings is 3. The zero-order valence-corrected chi connectivity index (χ0v) is 19.3. The van der Waals surface area contributed by atoms with Gasteiger partial charge in [-0.1, -0.05) is 78.0 Å². The highest BCUT2D eigenvalue weighted by Crippen LogP contribution is 2.25. The van der Waals surface area contributed by atoms with E-state index in [2.05, 4.69) is 15.6 Å². The summed E-state index contributed by atoms with van der Waals surface area (Å²) in [6.45, 7) is 2.53. The smallest absolute Gasteiger partial charge is 0.234 e. The van der Waals surface area contributed by atoms with E-state index in [1.165, 1.54) is 28.7 Å². The van der Waals surface area contributed by atoms with Gasteiger partial charge in [-0.05, 0) is 23.9 Å². The van der Waals surface area contributed by atoms with E-state index >= 15 is 0 Å². The van der Waals surface area contributed by atoms with Gasteiger partial charge >= 0.3 is 0 Å². The number of fused-ring (bicyclic) bond motifs is 1. The quantitative estimate of drug-likeness (QED) is 0.354. The molecule has 0 aliphatic heterocycles. The Hall–Kier alpha value is -3.16. The topological polar surface area (TPSA) is 71.1 Å². The van der Waals surface area contributed by atoms with Crippen LogP contribution in [0.5, 0.6) is 0 Å². The fourth-order valence-corrected chi connectivity index (χ4v) is 4.86. The van der Waals surface area contributed by atoms with Crippen molar-refractivity contribution in [2.45, 2.75) is 24.2 Å². The van der Waals surface area contributed by atoms with Gasteiger partial charge in [-0.2, -0.15) is 0 Å². The number of thiazole rings is 1. The van der Waals surface area contributed by atoms with Crippen LogP contribution in [0.1, 0.15) is 16.8 Å². The first-order valence-corrected chi connectivity index (χ1v) is 12.1. The van der Waals surface area contributed by atoms with Gasteiger partial charge in [0, 0.05) is 23.0 Å². The zero-order valence-electron chi connectivity index (χ0n) is 17.6. The highest BCUT2D eigenvalue weighted by Gasteiger charge is 2.11. The molecule has 0 aliphatic carbocycles. The molecule has 1 aromatic heterocycles. The average Bonchev–Trinajstić information content (AvgIpc) is 3.25. The van der Waals surface area contributed by atoms with Crippen LogP contribution in [0.4, 0.5) is 5.69 Å². The van der Waals surface area contributed by atoms with Gasteiger partial charge in [0.05, 0.1) is 17.9 Å². The molecule has 5 nitrogen and oxygen atoms in total. The molecule has 0 radical (unpaired) electrons. The van der Waals surface area contributed by atoms with Crippen molar-refractivity contribution >= 4 is 51.4 Å². The number of thioether (sulfide) groups is 1. The summed E-state index contributed by atoms with van der Waals surface area (Å²) < 4.78 is 0.777. The van der Waals surface area contributed by atoms with E-state index in [-0.39, 0.29) is 24.0 Å². The van der Waals surface area contributed by atoms with E-state index in [9.17, 15) is 9.59 Å². The number of anilines is 1. The van der Waals surface area contributed by atoms with E-state index in [0.717, 1.165) is 26.4 Å². The molecule has 2 amide bonds. The molecule has 4 rings (SSSR count). The molecule has 2 N–H and O–H groups in total. The summed E-state index contributed by atoms with van der Waals surface area (Å²) in [5.41, 5.74) is 3.78. The third-order valence-electron chi connectivity index (χ3n) is 4.87. The first-order chi connectivity index (χ1) is 15.6. The lowest BCUT2D eigenvalue weighted by molar-refractivity contribution is -0.120. The van der Waals surface area contributed by atoms with E-state index in [0.29, 0.717) is 12.2 Å². The molecular formula is C25H23N3O2S2. The van der Waals surface area contributed by atoms with Crippen LogP contribution < -0.4 is 10.6 Å². The fourth-order valence-electron chi connectivity index (χ4n) is 3.22. The maximum atomic E-state index is 12.4. The lowest BCUT2D eigenvalue weighted by atomic mass is 10.1. The Morgan fingerprint density at radius 3 is 2.59 bits per heavy atom. The molecule has 4 aromatic rings. The number of aromatic nitrogens is 1. The highest BCUT2D eigenvalue weighted by atomic mass is 32.2. The van der Waals surface area contributed by atoms with E-state index in [4.69, 9.17) is 0 Å². The van der Waals surface area contributed by atoms with Crippen LogP contribution in [-0.4, -0.2) is 22.6 Å². The minimum Gasteiger partial charge on any atom is -0.352 e. The van der Waals surface area contributed by atoms with Crippen molar-refractivity contribution in [1.82, 2.24) is 10.3 Å². The molecule has 0 spiro atoms. The number of aryl methyl sites for hydroxylation is 1. The van der Waals surface area contributed by atoms with Gasteiger partial charge in [-0.3, -0.25) is 9.59 Å². The number of amides is 2. The lowest BCUT2D eigenvalue weighted by Crippen LogP contribution is -2.24. The predicted molar refractivity (Wildman–Crippen MR) is 132 cm³/mol. The summed E-state index contributed by atoms with van der Waals surface area (Å²) in [5.74, 6) is 0.107. The largest absolute Gasteiger partial charge is 0.352 e. The Balaban J connectivity index is 1.25. The minimum atomic E-state index is -0.0843. The second-order valence-corrected chi connectivity index (χ2v) is 9.49. The average molecular weight is 462 g/mol. The van der Waals surface area contributed by atoms with Crippen LogP contribution >= 0.6 is 23.1 Å². The van der Waals surface area contributed by atoms with Gasteiger partial charge in [0.2, 0.25) is 11.8 Å². The minimum absolute atomic E-state index is 0.0684. The molecule has 0 unspecified atom stereocenters. The molecule has 0 saturated heterocycles. The molecule has 0 saturated carbocycles. The SMILES string of the molecule is Cc1ccc(CNC(=O)Cc2csc(SCC(=O)Nc3cccc4ccccc34)n2)cc1. The number of nitrogens with one attached hydrogen (secondary N) is 2. The number of nitrogens with zero attached hydrogens (tertiary/aromatic N) is 1. The number of hydrogen-bond donors (Lipinski definition) is 2. The van der Waals surface area contributed by atoms with Crippen LogP contribution in [0.3, 0.4) is 0 Å². The Morgan fingerprint density at radius 2 is 1.75 bits per heavy atom. The second kappa shape index (κ2) is 10.4. The zero-order chi connectivity index (χ0) is 22.3. The molecule has 0 atom stereocenters. The summed E-state index contributed by atoms with van der Waals surface area (Å²) in [6, 6.07) is 21.9. The summed E-state index contributed by atoms with van der Waals surface area (Å²) in [6.07, 6.45) is 0.227. The van der Waals surface area contributed by atoms with Gasteiger partial charge in [0.25, 0.3) is 0 Å². The van der Waals surface area contributed by atoms with E-state index in [1.807, 2.05) is 79.0 Å². The predicted octanol–water partition coefficient (Wildman–Crippen LogP) is 5.19. The maximum absolute atomic E-state index is 12.4. The van der Waals surface area contributed by atoms with Crippen LogP contribution in [-0.2, 0) is 22.6 Å². The molecule has 162 valence electrons. The van der Waals surface area contributed by atoms with Gasteiger partial charge in [-0.25, -0.2) is 4.98 Å². The normalized spacial score (nSPS) is 10.8. The van der Waals surface area contributed by atoms with Gasteiger partial charge in [-0.15, -0.1) is 11.3 Å². The number of hydrogen-bond acceptors (Lipinski definition) is 5. The molecule has 1 heterocycles. The standard InChI is InChI=1S/C25H23N3O2S2/c1-17-9-11-18(12-10-17)14-26-23(29)13-20-15-31-25(27-20)32-16-24(30)28-22-8-4-6-19-5-2-3-7-21(19)22/h2-12,15H,13-14,16H2,1H3,(H,26,29)(H,28,30). The molecule has 3 aromatic carbocycles. The summed E-state index contributed by atoms with van der Waals surface area (Å²) >= 11 is 2.83. The Labute approximate surface area is 195 Å². The second-order valence-electron chi connectivity index (χ2n) is 7.41. The molecule has 7 heteroatoms. The van der Waals surface area contributed by atoms with E-state index in [1.54, 1.807) is 0 Å². The monoisotopic (exact) mass is 461 g/mol. The van der Waals surface area contributed by atoms with Gasteiger partial charge in [0.1, 0.15) is 0 Å². The first-order valence-electron chi connectivity index (χ1n) is 10.2. The summed E-state index contributed by atoms with van der Waals surface area (Å²) in [7, 11) is 0. The van der Waals surface area contributed by atoms with Gasteiger partial charge in [0.15, 0.2) is 4.34 Å². The summed E-state index contributed by atoms with van der Waals surface area (Å²) in [4.78, 5) is 29.1. The Bertz CT molecular complexity index is 1230. The van der Waals surface area contributed by atoms with Crippen molar-refractivity contribution < 1.29 is 9.59 Å². The van der Waals surface area contributed by atoms with Gasteiger partial charge < -0.3 is 10.6 Å². The number of rotatable bonds is 8. The van der Waals surface area contributed by atoms with Crippen molar-refractivity contribution in [3.8, 4) is 0 Å². The molecular weight excluding hydrogens is 438 g/mol. The lowest BCUT2D eigenvalue weighted by Gasteiger charge is -2.08. The van der Waals surface area contributed by atoms with Crippen LogP contribution in [0.2, 0.25) is 0 Å². The van der Waals surface area contributed by atoms with Crippen molar-refractivity contribution in [2.75, 3.05) is 11.1 Å². The summed E-state index contributed by atoms with van der Waals surface area (Å²) in [5, 5.41) is 9.88. The highest BCUT2D eigenvalue weighted by molar-refractivity contribution is 8.01. The number of carbonyl (C=O) groups is 2. The Kier molecular flexibility index (Phi) is 7.19. The van der Waals surface area contributed by atoms with Crippen LogP contribution in [0, 0.1) is 6.92 Å². The third kappa shape index (κ3) is 5.96. The molecule has 32 heavy (non-hydrogen) atoms. The van der Waals surface area contributed by atoms with Crippen molar-refractivity contribution in [3.05, 3.63) is 88.9 Å². The third-order valence-corrected chi connectivity index (χ3v) is 6.94. The molecule has 0 fully saturated rings. The maximum Gasteiger partial charge on any atom is 0.234 e. The Morgan fingerprint density at radius 1 is 0.969 bits per heavy atom. The fraction of sp³-hybridized carbons (Fsp3) is 0.160. The van der Waals surface area contributed by atoms with Crippen molar-refractivity contribution in [2.24, 2.45) is 0 Å². The molecule has 0 aliphatic rings. The van der Waals surface area contributed by atoms with E-state index < -0.39 is 0 Å². The van der Waals surface area contributed by atoms with Crippen molar-refractivity contribution in [3.63, 3.8) is 0 Å². The first kappa shape index (κ1) is 22.0. The van der Waals surface area contributed by atoms with Crippen molar-refractivity contribution in [1.29, 1.82) is 0 Å². The van der Waals surface area contributed by atoms with Crippen LogP contribution in [0.25, 0.3) is 10.8 Å². The number of carbonyl (C=O) groups excluding carboxylic acids is 2. The van der Waals surface area contributed by atoms with Crippen LogP contribution in [0.15, 0.2) is 76.4 Å². The molecule has 0 bridgehead atoms.